The highest BCUT2D eigenvalue weighted by Crippen LogP contribution is 2.29. The molecule has 1 atom stereocenters. The average Bonchev–Trinajstić information content (AvgIpc) is 3.20. The number of fused-ring (bicyclic) bond motifs is 1. The van der Waals surface area contributed by atoms with Crippen molar-refractivity contribution >= 4 is 22.4 Å². The fraction of sp³-hybridized carbons (Fsp3) is 0.348. The number of carbonyl (C=O) groups excluding carboxylic acids is 1. The van der Waals surface area contributed by atoms with Gasteiger partial charge in [0.1, 0.15) is 6.23 Å². The number of hydrogen-bond acceptors (Lipinski definition) is 6. The van der Waals surface area contributed by atoms with Gasteiger partial charge in [-0.1, -0.05) is 30.3 Å². The number of benzene rings is 2. The number of anilines is 1. The minimum atomic E-state index is -0.0930. The summed E-state index contributed by atoms with van der Waals surface area (Å²) in [6.07, 6.45) is 0.772. The van der Waals surface area contributed by atoms with Gasteiger partial charge in [0.05, 0.1) is 13.2 Å². The highest BCUT2D eigenvalue weighted by molar-refractivity contribution is 5.97. The molecule has 0 aliphatic carbocycles. The Kier molecular flexibility index (Phi) is 6.12. The maximum absolute atomic E-state index is 11.5. The van der Waals surface area contributed by atoms with Crippen molar-refractivity contribution in [1.29, 1.82) is 0 Å². The van der Waals surface area contributed by atoms with Crippen LogP contribution < -0.4 is 15.0 Å². The molecule has 152 valence electrons. The van der Waals surface area contributed by atoms with Crippen LogP contribution in [0, 0.1) is 0 Å². The molecule has 1 saturated heterocycles. The van der Waals surface area contributed by atoms with E-state index < -0.39 is 0 Å². The molecule has 4 rings (SSSR count). The summed E-state index contributed by atoms with van der Waals surface area (Å²) in [5.74, 6) is 0.912. The summed E-state index contributed by atoms with van der Waals surface area (Å²) in [6.45, 7) is 5.28. The van der Waals surface area contributed by atoms with Crippen LogP contribution in [0.5, 0.6) is 5.75 Å². The summed E-state index contributed by atoms with van der Waals surface area (Å²) in [5, 5.41) is 4.27. The van der Waals surface area contributed by atoms with Crippen molar-refractivity contribution in [3.8, 4) is 5.75 Å². The SMILES string of the molecule is CC(=O)c1cc2cccc(OCCCOC3CNCCN3c3ccccc3)c2o1. The van der Waals surface area contributed by atoms with E-state index in [1.165, 1.54) is 12.6 Å². The standard InChI is InChI=1S/C23H26N2O4/c1-17(26)21-15-18-7-5-10-20(23(18)29-21)27-13-6-14-28-22-16-24-11-12-25(22)19-8-3-2-4-9-19/h2-5,7-10,15,22,24H,6,11-14,16H2,1H3. The van der Waals surface area contributed by atoms with Crippen LogP contribution in [0.4, 0.5) is 5.69 Å². The van der Waals surface area contributed by atoms with E-state index in [0.29, 0.717) is 30.3 Å². The molecule has 6 nitrogen and oxygen atoms in total. The lowest BCUT2D eigenvalue weighted by molar-refractivity contribution is 0.0363. The molecule has 1 aromatic heterocycles. The Morgan fingerprint density at radius 2 is 2.03 bits per heavy atom. The first-order valence-corrected chi connectivity index (χ1v) is 10.0. The topological polar surface area (TPSA) is 63.9 Å². The van der Waals surface area contributed by atoms with Crippen LogP contribution in [0.2, 0.25) is 0 Å². The van der Waals surface area contributed by atoms with E-state index in [2.05, 4.69) is 34.5 Å². The Balaban J connectivity index is 1.29. The Bertz CT molecular complexity index is 954. The van der Waals surface area contributed by atoms with Crippen LogP contribution in [-0.2, 0) is 4.74 Å². The summed E-state index contributed by atoms with van der Waals surface area (Å²) >= 11 is 0. The Labute approximate surface area is 170 Å². The number of nitrogens with one attached hydrogen (secondary N) is 1. The Hall–Kier alpha value is -2.83. The largest absolute Gasteiger partial charge is 0.490 e. The molecule has 6 heteroatoms. The van der Waals surface area contributed by atoms with Crippen molar-refractivity contribution in [3.63, 3.8) is 0 Å². The van der Waals surface area contributed by atoms with Crippen LogP contribution in [0.1, 0.15) is 23.9 Å². The smallest absolute Gasteiger partial charge is 0.194 e. The molecule has 2 aromatic carbocycles. The lowest BCUT2D eigenvalue weighted by atomic mass is 10.2. The predicted octanol–water partition coefficient (Wildman–Crippen LogP) is 3.86. The summed E-state index contributed by atoms with van der Waals surface area (Å²) in [7, 11) is 0. The third kappa shape index (κ3) is 4.60. The number of hydrogen-bond donors (Lipinski definition) is 1. The second-order valence-electron chi connectivity index (χ2n) is 7.10. The van der Waals surface area contributed by atoms with Crippen molar-refractivity contribution in [3.05, 3.63) is 60.4 Å². The zero-order valence-electron chi connectivity index (χ0n) is 16.6. The molecular weight excluding hydrogens is 368 g/mol. The molecule has 2 heterocycles. The minimum Gasteiger partial charge on any atom is -0.490 e. The second-order valence-corrected chi connectivity index (χ2v) is 7.10. The normalized spacial score (nSPS) is 16.9. The number of para-hydroxylation sites is 2. The summed E-state index contributed by atoms with van der Waals surface area (Å²) in [6, 6.07) is 17.8. The van der Waals surface area contributed by atoms with E-state index in [1.54, 1.807) is 6.07 Å². The molecule has 1 N–H and O–H groups in total. The number of ether oxygens (including phenoxy) is 2. The lowest BCUT2D eigenvalue weighted by Gasteiger charge is -2.37. The molecule has 0 saturated carbocycles. The van der Waals surface area contributed by atoms with Gasteiger partial charge >= 0.3 is 0 Å². The number of Topliss-reactive ketones (excluding diaryl/α,β-unsaturated/α-hetero) is 1. The first-order valence-electron chi connectivity index (χ1n) is 10.0. The number of carbonyl (C=O) groups is 1. The molecule has 0 bridgehead atoms. The highest BCUT2D eigenvalue weighted by atomic mass is 16.5. The van der Waals surface area contributed by atoms with Crippen LogP contribution in [0.3, 0.4) is 0 Å². The molecule has 1 fully saturated rings. The minimum absolute atomic E-state index is 0.0118. The van der Waals surface area contributed by atoms with Gasteiger partial charge in [0, 0.05) is 44.1 Å². The second kappa shape index (κ2) is 9.11. The Morgan fingerprint density at radius 1 is 1.17 bits per heavy atom. The zero-order valence-corrected chi connectivity index (χ0v) is 16.6. The third-order valence-corrected chi connectivity index (χ3v) is 5.00. The van der Waals surface area contributed by atoms with Crippen LogP contribution in [-0.4, -0.2) is 44.9 Å². The van der Waals surface area contributed by atoms with Gasteiger partial charge in [0.25, 0.3) is 0 Å². The molecule has 0 spiro atoms. The van der Waals surface area contributed by atoms with Gasteiger partial charge in [-0.3, -0.25) is 4.79 Å². The fourth-order valence-electron chi connectivity index (χ4n) is 3.53. The maximum Gasteiger partial charge on any atom is 0.194 e. The monoisotopic (exact) mass is 394 g/mol. The molecule has 29 heavy (non-hydrogen) atoms. The van der Waals surface area contributed by atoms with Gasteiger partial charge in [-0.25, -0.2) is 0 Å². The zero-order chi connectivity index (χ0) is 20.1. The fourth-order valence-corrected chi connectivity index (χ4v) is 3.53. The average molecular weight is 394 g/mol. The quantitative estimate of drug-likeness (QED) is 0.462. The number of ketones is 1. The van der Waals surface area contributed by atoms with Crippen molar-refractivity contribution in [1.82, 2.24) is 5.32 Å². The molecule has 3 aromatic rings. The van der Waals surface area contributed by atoms with E-state index in [4.69, 9.17) is 13.9 Å². The van der Waals surface area contributed by atoms with E-state index in [-0.39, 0.29) is 12.0 Å². The van der Waals surface area contributed by atoms with E-state index in [0.717, 1.165) is 31.4 Å². The lowest BCUT2D eigenvalue weighted by Crippen LogP contribution is -2.52. The van der Waals surface area contributed by atoms with Gasteiger partial charge in [0.15, 0.2) is 22.9 Å². The maximum atomic E-state index is 11.5. The Morgan fingerprint density at radius 3 is 2.86 bits per heavy atom. The molecule has 1 unspecified atom stereocenters. The molecule has 1 aliphatic rings. The number of piperazine rings is 1. The van der Waals surface area contributed by atoms with Crippen LogP contribution in [0.15, 0.2) is 59.0 Å². The van der Waals surface area contributed by atoms with Crippen molar-refractivity contribution in [2.75, 3.05) is 37.7 Å². The van der Waals surface area contributed by atoms with Gasteiger partial charge < -0.3 is 24.1 Å². The van der Waals surface area contributed by atoms with Gasteiger partial charge in [-0.15, -0.1) is 0 Å². The van der Waals surface area contributed by atoms with E-state index in [9.17, 15) is 4.79 Å². The highest BCUT2D eigenvalue weighted by Gasteiger charge is 2.22. The summed E-state index contributed by atoms with van der Waals surface area (Å²) < 4.78 is 17.7. The van der Waals surface area contributed by atoms with Crippen molar-refractivity contribution in [2.24, 2.45) is 0 Å². The summed E-state index contributed by atoms with van der Waals surface area (Å²) in [5.41, 5.74) is 1.80. The molecule has 0 radical (unpaired) electrons. The number of rotatable bonds is 8. The number of nitrogens with zero attached hydrogens (tertiary/aromatic N) is 1. The van der Waals surface area contributed by atoms with Gasteiger partial charge in [0.2, 0.25) is 0 Å². The van der Waals surface area contributed by atoms with Gasteiger partial charge in [-0.05, 0) is 24.3 Å². The first-order chi connectivity index (χ1) is 14.2. The number of furan rings is 1. The molecule has 1 aliphatic heterocycles. The van der Waals surface area contributed by atoms with Crippen LogP contribution >= 0.6 is 0 Å². The van der Waals surface area contributed by atoms with E-state index >= 15 is 0 Å². The van der Waals surface area contributed by atoms with Crippen molar-refractivity contribution in [2.45, 2.75) is 19.6 Å². The molecular formula is C23H26N2O4. The third-order valence-electron chi connectivity index (χ3n) is 5.00. The molecule has 0 amide bonds. The summed E-state index contributed by atoms with van der Waals surface area (Å²) in [4.78, 5) is 13.8. The first kappa shape index (κ1) is 19.5. The van der Waals surface area contributed by atoms with Gasteiger partial charge in [-0.2, -0.15) is 0 Å². The van der Waals surface area contributed by atoms with E-state index in [1.807, 2.05) is 24.3 Å². The van der Waals surface area contributed by atoms with Crippen LogP contribution in [0.25, 0.3) is 11.0 Å². The predicted molar refractivity (Wildman–Crippen MR) is 113 cm³/mol. The van der Waals surface area contributed by atoms with Crippen molar-refractivity contribution < 1.29 is 18.7 Å².